The van der Waals surface area contributed by atoms with Gasteiger partial charge in [0.15, 0.2) is 0 Å². The predicted octanol–water partition coefficient (Wildman–Crippen LogP) is 5.02. The van der Waals surface area contributed by atoms with Crippen LogP contribution in [0.1, 0.15) is 78.6 Å². The monoisotopic (exact) mass is 484 g/mol. The van der Waals surface area contributed by atoms with Crippen molar-refractivity contribution in [1.29, 1.82) is 0 Å². The first-order valence-electron chi connectivity index (χ1n) is 13.4. The second-order valence-electron chi connectivity index (χ2n) is 12.4. The summed E-state index contributed by atoms with van der Waals surface area (Å²) in [6.07, 6.45) is 15.4. The molecule has 5 nitrogen and oxygen atoms in total. The van der Waals surface area contributed by atoms with Gasteiger partial charge in [0.1, 0.15) is 0 Å². The van der Waals surface area contributed by atoms with Crippen LogP contribution in [0.25, 0.3) is 0 Å². The van der Waals surface area contributed by atoms with Gasteiger partial charge in [0.2, 0.25) is 0 Å². The van der Waals surface area contributed by atoms with Crippen molar-refractivity contribution in [1.82, 2.24) is 0 Å². The van der Waals surface area contributed by atoms with Gasteiger partial charge >= 0.3 is 5.97 Å². The SMILES string of the molecule is C=C1C(=CC=C2CCC[C@]3(C)[C@@H](C4(C=C[C@H](O)C(C)(C)C(=O)OC)CC4)CC[C@@H]23)C[C@@H](O)C[C@@H]1O. The molecule has 0 spiro atoms. The average molecular weight is 485 g/mol. The zero-order valence-corrected chi connectivity index (χ0v) is 21.9. The lowest BCUT2D eigenvalue weighted by Crippen LogP contribution is -2.38. The number of carbonyl (C=O) groups is 1. The van der Waals surface area contributed by atoms with E-state index >= 15 is 0 Å². The molecule has 0 aromatic carbocycles. The van der Waals surface area contributed by atoms with Gasteiger partial charge in [0.05, 0.1) is 30.8 Å². The molecule has 3 N–H and O–H groups in total. The lowest BCUT2D eigenvalue weighted by atomic mass is 9.60. The fourth-order valence-electron chi connectivity index (χ4n) is 7.33. The summed E-state index contributed by atoms with van der Waals surface area (Å²) < 4.78 is 4.89. The number of carbonyl (C=O) groups excluding carboxylic acids is 1. The summed E-state index contributed by atoms with van der Waals surface area (Å²) in [6, 6.07) is 0. The van der Waals surface area contributed by atoms with E-state index in [1.165, 1.54) is 38.4 Å². The summed E-state index contributed by atoms with van der Waals surface area (Å²) in [5.41, 5.74) is 2.56. The normalized spacial score (nSPS) is 38.1. The minimum absolute atomic E-state index is 0.115. The smallest absolute Gasteiger partial charge is 0.314 e. The summed E-state index contributed by atoms with van der Waals surface area (Å²) in [6.45, 7) is 9.98. The van der Waals surface area contributed by atoms with Crippen molar-refractivity contribution < 1.29 is 24.9 Å². The maximum absolute atomic E-state index is 12.1. The summed E-state index contributed by atoms with van der Waals surface area (Å²) >= 11 is 0. The molecule has 0 aliphatic heterocycles. The largest absolute Gasteiger partial charge is 0.469 e. The second-order valence-corrected chi connectivity index (χ2v) is 12.4. The van der Waals surface area contributed by atoms with Gasteiger partial charge in [0.25, 0.3) is 0 Å². The Labute approximate surface area is 210 Å². The molecule has 4 rings (SSSR count). The van der Waals surface area contributed by atoms with Crippen molar-refractivity contribution in [3.8, 4) is 0 Å². The van der Waals surface area contributed by atoms with Crippen LogP contribution in [0, 0.1) is 28.1 Å². The van der Waals surface area contributed by atoms with Crippen molar-refractivity contribution in [2.45, 2.75) is 96.9 Å². The molecular weight excluding hydrogens is 440 g/mol. The minimum atomic E-state index is -0.970. The molecule has 0 radical (unpaired) electrons. The van der Waals surface area contributed by atoms with Crippen LogP contribution in [0.4, 0.5) is 0 Å². The molecule has 0 amide bonds. The molecule has 0 heterocycles. The highest BCUT2D eigenvalue weighted by Gasteiger charge is 2.60. The number of hydrogen-bond donors (Lipinski definition) is 3. The van der Waals surface area contributed by atoms with E-state index in [1.54, 1.807) is 13.8 Å². The Morgan fingerprint density at radius 1 is 1.20 bits per heavy atom. The molecule has 194 valence electrons. The Morgan fingerprint density at radius 3 is 2.57 bits per heavy atom. The van der Waals surface area contributed by atoms with Gasteiger partial charge in [-0.2, -0.15) is 0 Å². The molecule has 4 aliphatic carbocycles. The Kier molecular flexibility index (Phi) is 7.27. The van der Waals surface area contributed by atoms with Crippen molar-refractivity contribution >= 4 is 5.97 Å². The van der Waals surface area contributed by atoms with E-state index < -0.39 is 29.7 Å². The van der Waals surface area contributed by atoms with Crippen molar-refractivity contribution in [3.63, 3.8) is 0 Å². The van der Waals surface area contributed by atoms with Crippen LogP contribution in [0.3, 0.4) is 0 Å². The maximum Gasteiger partial charge on any atom is 0.314 e. The molecule has 0 saturated heterocycles. The summed E-state index contributed by atoms with van der Waals surface area (Å²) in [5, 5.41) is 31.0. The third-order valence-corrected chi connectivity index (χ3v) is 9.81. The molecule has 0 bridgehead atoms. The number of aliphatic hydroxyl groups is 3. The zero-order chi connectivity index (χ0) is 25.6. The number of ether oxygens (including phenoxy) is 1. The predicted molar refractivity (Wildman–Crippen MR) is 137 cm³/mol. The van der Waals surface area contributed by atoms with E-state index in [4.69, 9.17) is 4.74 Å². The second kappa shape index (κ2) is 9.64. The van der Waals surface area contributed by atoms with Gasteiger partial charge in [-0.05, 0) is 99.0 Å². The molecule has 35 heavy (non-hydrogen) atoms. The van der Waals surface area contributed by atoms with Crippen LogP contribution >= 0.6 is 0 Å². The number of methoxy groups -OCH3 is 1. The van der Waals surface area contributed by atoms with E-state index in [-0.39, 0.29) is 10.8 Å². The molecule has 0 aromatic rings. The van der Waals surface area contributed by atoms with Gasteiger partial charge < -0.3 is 20.1 Å². The number of aliphatic hydroxyl groups excluding tert-OH is 3. The third-order valence-electron chi connectivity index (χ3n) is 9.81. The van der Waals surface area contributed by atoms with Crippen LogP contribution in [-0.4, -0.2) is 46.7 Å². The van der Waals surface area contributed by atoms with Crippen molar-refractivity contribution in [2.75, 3.05) is 7.11 Å². The summed E-state index contributed by atoms with van der Waals surface area (Å²) in [7, 11) is 1.36. The quantitative estimate of drug-likeness (QED) is 0.364. The fraction of sp³-hybridized carbons (Fsp3) is 0.700. The van der Waals surface area contributed by atoms with Gasteiger partial charge in [-0.15, -0.1) is 0 Å². The molecule has 4 aliphatic rings. The van der Waals surface area contributed by atoms with Crippen LogP contribution in [0.15, 0.2) is 47.6 Å². The molecule has 0 aromatic heterocycles. The van der Waals surface area contributed by atoms with E-state index in [0.717, 1.165) is 30.4 Å². The summed E-state index contributed by atoms with van der Waals surface area (Å²) in [5.74, 6) is 0.700. The molecule has 5 heteroatoms. The average Bonchev–Trinajstić information content (AvgIpc) is 3.51. The van der Waals surface area contributed by atoms with Crippen LogP contribution in [0.2, 0.25) is 0 Å². The first-order chi connectivity index (χ1) is 16.4. The van der Waals surface area contributed by atoms with Crippen molar-refractivity contribution in [2.24, 2.45) is 28.1 Å². The summed E-state index contributed by atoms with van der Waals surface area (Å²) in [4.78, 5) is 12.1. The number of hydrogen-bond acceptors (Lipinski definition) is 5. The fourth-order valence-corrected chi connectivity index (χ4v) is 7.33. The van der Waals surface area contributed by atoms with E-state index in [1.807, 2.05) is 6.08 Å². The van der Waals surface area contributed by atoms with Gasteiger partial charge in [-0.25, -0.2) is 0 Å². The molecule has 4 fully saturated rings. The Bertz CT molecular complexity index is 936. The number of esters is 1. The highest BCUT2D eigenvalue weighted by atomic mass is 16.5. The lowest BCUT2D eigenvalue weighted by molar-refractivity contribution is -0.155. The number of rotatable bonds is 6. The number of fused-ring (bicyclic) bond motifs is 1. The van der Waals surface area contributed by atoms with Crippen LogP contribution in [-0.2, 0) is 9.53 Å². The van der Waals surface area contributed by atoms with Crippen molar-refractivity contribution in [3.05, 3.63) is 47.6 Å². The standard InChI is InChI=1S/C30H44O5/c1-19-21(17-22(31)18-24(19)32)9-8-20-7-6-13-29(4)23(20)10-11-25(29)30(15-16-30)14-12-26(33)28(2,3)27(34)35-5/h8-9,12,14,22-26,31-33H,1,6-7,10-11,13,15-18H2,2-5H3/t22-,23+,24+,25+,26+,29+/m1/s1. The van der Waals surface area contributed by atoms with Gasteiger partial charge in [-0.1, -0.05) is 43.4 Å². The molecular formula is C30H44O5. The molecule has 4 saturated carbocycles. The first-order valence-corrected chi connectivity index (χ1v) is 13.4. The van der Waals surface area contributed by atoms with Crippen LogP contribution < -0.4 is 0 Å². The Hall–Kier alpha value is -1.69. The molecule has 6 atom stereocenters. The Morgan fingerprint density at radius 2 is 1.91 bits per heavy atom. The van der Waals surface area contributed by atoms with E-state index in [9.17, 15) is 20.1 Å². The number of allylic oxidation sites excluding steroid dienone is 4. The minimum Gasteiger partial charge on any atom is -0.469 e. The topological polar surface area (TPSA) is 87.0 Å². The zero-order valence-electron chi connectivity index (χ0n) is 21.9. The Balaban J connectivity index is 1.52. The van der Waals surface area contributed by atoms with Crippen LogP contribution in [0.5, 0.6) is 0 Å². The maximum atomic E-state index is 12.1. The highest BCUT2D eigenvalue weighted by molar-refractivity contribution is 5.76. The third kappa shape index (κ3) is 4.84. The highest BCUT2D eigenvalue weighted by Crippen LogP contribution is 2.69. The van der Waals surface area contributed by atoms with Gasteiger partial charge in [0, 0.05) is 6.42 Å². The van der Waals surface area contributed by atoms with E-state index in [0.29, 0.717) is 24.7 Å². The van der Waals surface area contributed by atoms with Gasteiger partial charge in [-0.3, -0.25) is 4.79 Å². The first kappa shape index (κ1) is 26.4. The lowest BCUT2D eigenvalue weighted by Gasteiger charge is -2.45. The molecule has 0 unspecified atom stereocenters. The van der Waals surface area contributed by atoms with E-state index in [2.05, 4.69) is 31.7 Å².